The first-order valence-electron chi connectivity index (χ1n) is 15.0. The summed E-state index contributed by atoms with van der Waals surface area (Å²) in [4.78, 5) is 53.0. The molecule has 4 N–H and O–H groups in total. The number of carboxylic acids is 1. The molecule has 11 nitrogen and oxygen atoms in total. The molecule has 2 aromatic rings. The van der Waals surface area contributed by atoms with Crippen molar-refractivity contribution < 1.29 is 53.8 Å². The molecule has 11 heteroatoms. The van der Waals surface area contributed by atoms with Crippen LogP contribution in [0.4, 0.5) is 0 Å². The molecule has 3 fully saturated rings. The third-order valence-electron chi connectivity index (χ3n) is 11.1. The summed E-state index contributed by atoms with van der Waals surface area (Å²) in [5.41, 5.74) is -5.85. The predicted molar refractivity (Wildman–Crippen MR) is 155 cm³/mol. The molecule has 2 aromatic carbocycles. The van der Waals surface area contributed by atoms with Gasteiger partial charge in [-0.15, -0.1) is 0 Å². The number of aliphatic hydroxyl groups excluding tert-OH is 1. The van der Waals surface area contributed by atoms with E-state index in [0.717, 1.165) is 0 Å². The SMILES string of the molecule is C[C@@H]1C2=CC(=O)O[C@]2(O)C[C@@H]2[C@@H]1[C@H](OC(=O)c1ccccc1)[C@H](OC(=O)c1ccccc1)[C@@]1(O)[C@@](C)(C(=O)O)[C@H](O)CC[C@]21C. The van der Waals surface area contributed by atoms with Crippen molar-refractivity contribution in [3.05, 3.63) is 83.4 Å². The Bertz CT molecular complexity index is 1570. The van der Waals surface area contributed by atoms with E-state index >= 15 is 0 Å². The van der Waals surface area contributed by atoms with Gasteiger partial charge in [-0.05, 0) is 55.9 Å². The number of fused-ring (bicyclic) bond motifs is 4. The average molecular weight is 621 g/mol. The fourth-order valence-electron chi connectivity index (χ4n) is 8.71. The Morgan fingerprint density at radius 3 is 2.02 bits per heavy atom. The van der Waals surface area contributed by atoms with Gasteiger partial charge >= 0.3 is 23.9 Å². The summed E-state index contributed by atoms with van der Waals surface area (Å²) in [5.74, 6) is -8.41. The van der Waals surface area contributed by atoms with E-state index < -0.39 is 82.2 Å². The molecule has 45 heavy (non-hydrogen) atoms. The van der Waals surface area contributed by atoms with Crippen LogP contribution in [0, 0.1) is 28.6 Å². The van der Waals surface area contributed by atoms with Crippen LogP contribution in [0.2, 0.25) is 0 Å². The number of esters is 3. The summed E-state index contributed by atoms with van der Waals surface area (Å²) in [6.07, 6.45) is -3.89. The molecule has 1 aliphatic heterocycles. The lowest BCUT2D eigenvalue weighted by molar-refractivity contribution is -0.339. The monoisotopic (exact) mass is 620 g/mol. The molecule has 4 aliphatic rings. The minimum Gasteiger partial charge on any atom is -0.481 e. The molecule has 1 heterocycles. The second-order valence-electron chi connectivity index (χ2n) is 13.2. The second-order valence-corrected chi connectivity index (χ2v) is 13.2. The van der Waals surface area contributed by atoms with Crippen LogP contribution in [0.5, 0.6) is 0 Å². The molecule has 0 spiro atoms. The fraction of sp³-hybridized carbons (Fsp3) is 0.471. The van der Waals surface area contributed by atoms with Gasteiger partial charge in [0.1, 0.15) is 17.1 Å². The lowest BCUT2D eigenvalue weighted by Gasteiger charge is -2.69. The standard InChI is InChI=1S/C34H36O11/c1-18-21-16-24(36)45-33(21,41)17-22-25(18)26(43-28(37)19-10-6-4-7-11-19)27(44-29(38)20-12-8-5-9-13-20)34(42)31(22,2)15-14-23(35)32(34,3)30(39)40/h4-13,16,18,22-23,25-27,35,41-42H,14-15,17H2,1-3H3,(H,39,40)/t18-,22-,23-,25-,26+,27+,31-,32-,33-,34+/m1/s1. The zero-order chi connectivity index (χ0) is 32.5. The fourth-order valence-corrected chi connectivity index (χ4v) is 8.71. The molecule has 0 bridgehead atoms. The van der Waals surface area contributed by atoms with E-state index in [4.69, 9.17) is 14.2 Å². The van der Waals surface area contributed by atoms with Crippen LogP contribution >= 0.6 is 0 Å². The van der Waals surface area contributed by atoms with Crippen molar-refractivity contribution in [2.75, 3.05) is 0 Å². The minimum atomic E-state index is -2.56. The summed E-state index contributed by atoms with van der Waals surface area (Å²) in [5, 5.41) is 46.7. The van der Waals surface area contributed by atoms with Crippen LogP contribution in [0.3, 0.4) is 0 Å². The summed E-state index contributed by atoms with van der Waals surface area (Å²) < 4.78 is 17.6. The van der Waals surface area contributed by atoms with Crippen molar-refractivity contribution in [3.63, 3.8) is 0 Å². The molecule has 6 rings (SSSR count). The summed E-state index contributed by atoms with van der Waals surface area (Å²) in [6.45, 7) is 4.55. The first-order chi connectivity index (χ1) is 21.2. The molecule has 0 saturated heterocycles. The number of carbonyl (C=O) groups is 4. The van der Waals surface area contributed by atoms with Crippen LogP contribution < -0.4 is 0 Å². The van der Waals surface area contributed by atoms with Crippen molar-refractivity contribution in [2.24, 2.45) is 28.6 Å². The van der Waals surface area contributed by atoms with E-state index in [1.165, 1.54) is 37.3 Å². The van der Waals surface area contributed by atoms with E-state index in [2.05, 4.69) is 0 Å². The van der Waals surface area contributed by atoms with Gasteiger partial charge in [-0.25, -0.2) is 14.4 Å². The van der Waals surface area contributed by atoms with Gasteiger partial charge in [0.15, 0.2) is 6.10 Å². The lowest BCUT2D eigenvalue weighted by atomic mass is 9.38. The minimum absolute atomic E-state index is 0.0338. The van der Waals surface area contributed by atoms with Crippen molar-refractivity contribution in [2.45, 2.75) is 69.7 Å². The highest BCUT2D eigenvalue weighted by Crippen LogP contribution is 2.69. The van der Waals surface area contributed by atoms with E-state index in [1.54, 1.807) is 50.2 Å². The molecule has 10 atom stereocenters. The van der Waals surface area contributed by atoms with E-state index in [9.17, 15) is 39.6 Å². The maximum absolute atomic E-state index is 13.7. The van der Waals surface area contributed by atoms with Crippen LogP contribution in [-0.2, 0) is 23.8 Å². The number of benzene rings is 2. The molecule has 3 aliphatic carbocycles. The predicted octanol–water partition coefficient (Wildman–Crippen LogP) is 2.88. The first-order valence-corrected chi connectivity index (χ1v) is 15.0. The molecular weight excluding hydrogens is 584 g/mol. The number of aliphatic hydroxyl groups is 3. The van der Waals surface area contributed by atoms with Gasteiger partial charge in [-0.2, -0.15) is 0 Å². The van der Waals surface area contributed by atoms with Crippen LogP contribution in [0.15, 0.2) is 72.3 Å². The van der Waals surface area contributed by atoms with Gasteiger partial charge in [0, 0.05) is 29.4 Å². The third kappa shape index (κ3) is 4.28. The second kappa shape index (κ2) is 10.5. The summed E-state index contributed by atoms with van der Waals surface area (Å²) in [6, 6.07) is 15.9. The Morgan fingerprint density at radius 1 is 0.911 bits per heavy atom. The number of hydrogen-bond donors (Lipinski definition) is 4. The Morgan fingerprint density at radius 2 is 1.47 bits per heavy atom. The van der Waals surface area contributed by atoms with Crippen LogP contribution in [0.25, 0.3) is 0 Å². The number of carboxylic acid groups (broad SMARTS) is 1. The number of rotatable bonds is 5. The number of hydrogen-bond acceptors (Lipinski definition) is 10. The number of ether oxygens (including phenoxy) is 3. The topological polar surface area (TPSA) is 177 Å². The van der Waals surface area contributed by atoms with Crippen molar-refractivity contribution in [3.8, 4) is 0 Å². The third-order valence-corrected chi connectivity index (χ3v) is 11.1. The first kappa shape index (κ1) is 30.9. The van der Waals surface area contributed by atoms with Gasteiger partial charge in [0.25, 0.3) is 0 Å². The largest absolute Gasteiger partial charge is 0.481 e. The van der Waals surface area contributed by atoms with E-state index in [1.807, 2.05) is 0 Å². The van der Waals surface area contributed by atoms with Crippen LogP contribution in [0.1, 0.15) is 60.7 Å². The Labute approximate surface area is 259 Å². The smallest absolute Gasteiger partial charge is 0.338 e. The highest BCUT2D eigenvalue weighted by Gasteiger charge is 2.80. The van der Waals surface area contributed by atoms with Crippen molar-refractivity contribution in [1.29, 1.82) is 0 Å². The summed E-state index contributed by atoms with van der Waals surface area (Å²) in [7, 11) is 0. The maximum atomic E-state index is 13.7. The van der Waals surface area contributed by atoms with Gasteiger partial charge in [0.2, 0.25) is 5.79 Å². The Hall–Kier alpha value is -4.06. The molecule has 238 valence electrons. The van der Waals surface area contributed by atoms with Gasteiger partial charge in [0.05, 0.1) is 17.2 Å². The Balaban J connectivity index is 1.59. The molecular formula is C34H36O11. The number of aliphatic carboxylic acids is 1. The molecule has 0 aromatic heterocycles. The normalized spacial score (nSPS) is 40.1. The van der Waals surface area contributed by atoms with Gasteiger partial charge < -0.3 is 34.6 Å². The van der Waals surface area contributed by atoms with Gasteiger partial charge in [-0.3, -0.25) is 4.79 Å². The van der Waals surface area contributed by atoms with Gasteiger partial charge in [-0.1, -0.05) is 50.2 Å². The average Bonchev–Trinajstić information content (AvgIpc) is 3.34. The highest BCUT2D eigenvalue weighted by molar-refractivity contribution is 5.91. The zero-order valence-electron chi connectivity index (χ0n) is 25.1. The quantitative estimate of drug-likeness (QED) is 0.286. The molecule has 3 saturated carbocycles. The van der Waals surface area contributed by atoms with Crippen molar-refractivity contribution in [1.82, 2.24) is 0 Å². The van der Waals surface area contributed by atoms with E-state index in [-0.39, 0.29) is 36.0 Å². The van der Waals surface area contributed by atoms with Crippen LogP contribution in [-0.4, -0.2) is 74.0 Å². The van der Waals surface area contributed by atoms with E-state index in [0.29, 0.717) is 0 Å². The highest BCUT2D eigenvalue weighted by atomic mass is 16.7. The molecule has 0 radical (unpaired) electrons. The zero-order valence-corrected chi connectivity index (χ0v) is 25.1. The number of carbonyl (C=O) groups excluding carboxylic acids is 3. The van der Waals surface area contributed by atoms with Crippen molar-refractivity contribution >= 4 is 23.9 Å². The maximum Gasteiger partial charge on any atom is 0.338 e. The lowest BCUT2D eigenvalue weighted by Crippen LogP contribution is -2.82. The summed E-state index contributed by atoms with van der Waals surface area (Å²) >= 11 is 0. The molecule has 0 unspecified atom stereocenters. The molecule has 0 amide bonds. The Kier molecular flexibility index (Phi) is 7.22.